The number of hydrogen-bond donors (Lipinski definition) is 0. The highest BCUT2D eigenvalue weighted by molar-refractivity contribution is 8.82. The van der Waals surface area contributed by atoms with Gasteiger partial charge in [0.25, 0.3) is 0 Å². The monoisotopic (exact) mass is 332 g/mol. The Balaban J connectivity index is 1.93. The molecule has 20 heavy (non-hydrogen) atoms. The summed E-state index contributed by atoms with van der Waals surface area (Å²) in [5, 5.41) is 0. The topological polar surface area (TPSA) is 6.48 Å². The number of rotatable bonds is 4. The smallest absolute Gasteiger partial charge is 0.147 e. The number of thiocarbonyl (C=S) groups is 1. The SMILES string of the molecule is CN(C)C(=S)SSN(C1CCCCC1)C1CCCCC1. The lowest BCUT2D eigenvalue weighted by atomic mass is 9.91. The van der Waals surface area contributed by atoms with Crippen LogP contribution in [0.5, 0.6) is 0 Å². The summed E-state index contributed by atoms with van der Waals surface area (Å²) in [4.78, 5) is 2.05. The molecule has 2 aliphatic rings. The molecule has 0 aromatic rings. The van der Waals surface area contributed by atoms with Crippen LogP contribution in [0.3, 0.4) is 0 Å². The third kappa shape index (κ3) is 5.08. The van der Waals surface area contributed by atoms with Crippen LogP contribution in [0, 0.1) is 0 Å². The average Bonchev–Trinajstić information content (AvgIpc) is 2.49. The molecular formula is C15H28N2S3. The summed E-state index contributed by atoms with van der Waals surface area (Å²) < 4.78 is 3.73. The standard InChI is InChI=1S/C15H28N2S3/c1-16(2)15(18)19-20-17(13-9-5-3-6-10-13)14-11-7-4-8-12-14/h13-14H,3-12H2,1-2H3. The van der Waals surface area contributed by atoms with E-state index < -0.39 is 0 Å². The Morgan fingerprint density at radius 2 is 1.30 bits per heavy atom. The molecule has 0 N–H and O–H groups in total. The van der Waals surface area contributed by atoms with Gasteiger partial charge >= 0.3 is 0 Å². The van der Waals surface area contributed by atoms with Crippen molar-refractivity contribution < 1.29 is 0 Å². The first kappa shape index (κ1) is 16.9. The molecule has 0 saturated heterocycles. The summed E-state index contributed by atoms with van der Waals surface area (Å²) in [7, 11) is 7.80. The minimum absolute atomic E-state index is 0.786. The van der Waals surface area contributed by atoms with Crippen molar-refractivity contribution in [3.63, 3.8) is 0 Å². The maximum Gasteiger partial charge on any atom is 0.147 e. The molecule has 0 atom stereocenters. The van der Waals surface area contributed by atoms with E-state index >= 15 is 0 Å². The maximum atomic E-state index is 5.44. The van der Waals surface area contributed by atoms with Crippen molar-refractivity contribution in [2.45, 2.75) is 76.3 Å². The summed E-state index contributed by atoms with van der Waals surface area (Å²) in [6.45, 7) is 0. The molecule has 0 spiro atoms. The minimum atomic E-state index is 0.786. The molecule has 2 saturated carbocycles. The normalized spacial score (nSPS) is 22.1. The molecule has 116 valence electrons. The maximum absolute atomic E-state index is 5.44. The van der Waals surface area contributed by atoms with Gasteiger partial charge in [-0.25, -0.2) is 4.31 Å². The molecule has 0 bridgehead atoms. The molecule has 0 aliphatic heterocycles. The lowest BCUT2D eigenvalue weighted by molar-refractivity contribution is 0.187. The van der Waals surface area contributed by atoms with E-state index in [2.05, 4.69) is 4.31 Å². The largest absolute Gasteiger partial charge is 0.363 e. The van der Waals surface area contributed by atoms with Crippen LogP contribution in [0.2, 0.25) is 0 Å². The van der Waals surface area contributed by atoms with E-state index in [1.165, 1.54) is 64.2 Å². The first-order valence-electron chi connectivity index (χ1n) is 8.02. The fourth-order valence-corrected chi connectivity index (χ4v) is 6.11. The van der Waals surface area contributed by atoms with Gasteiger partial charge in [-0.15, -0.1) is 0 Å². The Morgan fingerprint density at radius 1 is 0.850 bits per heavy atom. The van der Waals surface area contributed by atoms with Gasteiger partial charge in [0.1, 0.15) is 4.32 Å². The van der Waals surface area contributed by atoms with E-state index in [0.717, 1.165) is 16.4 Å². The Labute approximate surface area is 137 Å². The van der Waals surface area contributed by atoms with Crippen molar-refractivity contribution in [3.05, 3.63) is 0 Å². The summed E-state index contributed by atoms with van der Waals surface area (Å²) >= 11 is 5.44. The zero-order valence-corrected chi connectivity index (χ0v) is 15.3. The molecule has 2 rings (SSSR count). The highest BCUT2D eigenvalue weighted by Crippen LogP contribution is 2.40. The van der Waals surface area contributed by atoms with Crippen molar-refractivity contribution in [1.82, 2.24) is 9.21 Å². The van der Waals surface area contributed by atoms with E-state index in [9.17, 15) is 0 Å². The van der Waals surface area contributed by atoms with E-state index in [4.69, 9.17) is 12.2 Å². The second-order valence-electron chi connectivity index (χ2n) is 6.26. The number of nitrogens with zero attached hydrogens (tertiary/aromatic N) is 2. The Morgan fingerprint density at radius 3 is 1.70 bits per heavy atom. The molecule has 0 aromatic carbocycles. The van der Waals surface area contributed by atoms with Crippen molar-refractivity contribution in [2.75, 3.05) is 14.1 Å². The van der Waals surface area contributed by atoms with Gasteiger partial charge in [0.2, 0.25) is 0 Å². The number of hydrogen-bond acceptors (Lipinski definition) is 4. The molecule has 2 aliphatic carbocycles. The van der Waals surface area contributed by atoms with Gasteiger partial charge in [-0.05, 0) is 47.5 Å². The first-order chi connectivity index (χ1) is 9.68. The van der Waals surface area contributed by atoms with Crippen molar-refractivity contribution in [2.24, 2.45) is 0 Å². The average molecular weight is 333 g/mol. The van der Waals surface area contributed by atoms with Crippen LogP contribution in [0.1, 0.15) is 64.2 Å². The van der Waals surface area contributed by atoms with E-state index in [-0.39, 0.29) is 0 Å². The molecule has 0 heterocycles. The van der Waals surface area contributed by atoms with Crippen LogP contribution in [0.4, 0.5) is 0 Å². The summed E-state index contributed by atoms with van der Waals surface area (Å²) in [5.41, 5.74) is 0. The lowest BCUT2D eigenvalue weighted by Crippen LogP contribution is -2.40. The van der Waals surface area contributed by atoms with Crippen LogP contribution < -0.4 is 0 Å². The molecule has 5 heteroatoms. The highest BCUT2D eigenvalue weighted by Gasteiger charge is 2.30. The second kappa shape index (κ2) is 8.86. The Bertz CT molecular complexity index is 279. The Hall–Kier alpha value is 0.550. The van der Waals surface area contributed by atoms with Crippen LogP contribution in [-0.4, -0.2) is 39.7 Å². The third-order valence-corrected chi connectivity index (χ3v) is 7.92. The van der Waals surface area contributed by atoms with Crippen LogP contribution in [0.25, 0.3) is 0 Å². The molecule has 0 aromatic heterocycles. The van der Waals surface area contributed by atoms with Crippen LogP contribution in [0.15, 0.2) is 0 Å². The quantitative estimate of drug-likeness (QED) is 0.400. The van der Waals surface area contributed by atoms with Crippen molar-refractivity contribution >= 4 is 38.3 Å². The van der Waals surface area contributed by atoms with Crippen molar-refractivity contribution in [1.29, 1.82) is 0 Å². The molecule has 0 radical (unpaired) electrons. The predicted octanol–water partition coefficient (Wildman–Crippen LogP) is 5.10. The molecule has 2 fully saturated rings. The zero-order valence-electron chi connectivity index (χ0n) is 12.8. The van der Waals surface area contributed by atoms with Gasteiger partial charge in [0.15, 0.2) is 0 Å². The van der Waals surface area contributed by atoms with Gasteiger partial charge in [-0.1, -0.05) is 50.7 Å². The highest BCUT2D eigenvalue weighted by atomic mass is 33.1. The van der Waals surface area contributed by atoms with Gasteiger partial charge in [-0.3, -0.25) is 0 Å². The fraction of sp³-hybridized carbons (Fsp3) is 0.933. The molecular weight excluding hydrogens is 304 g/mol. The molecule has 0 unspecified atom stereocenters. The summed E-state index contributed by atoms with van der Waals surface area (Å²) in [6, 6.07) is 1.57. The first-order valence-corrected chi connectivity index (χ1v) is 10.5. The van der Waals surface area contributed by atoms with Crippen molar-refractivity contribution in [3.8, 4) is 0 Å². The summed E-state index contributed by atoms with van der Waals surface area (Å²) in [5.74, 6) is 0. The zero-order chi connectivity index (χ0) is 14.4. The van der Waals surface area contributed by atoms with Gasteiger partial charge in [0.05, 0.1) is 0 Å². The van der Waals surface area contributed by atoms with Gasteiger partial charge in [0, 0.05) is 26.2 Å². The van der Waals surface area contributed by atoms with Crippen LogP contribution in [-0.2, 0) is 0 Å². The predicted molar refractivity (Wildman–Crippen MR) is 97.1 cm³/mol. The van der Waals surface area contributed by atoms with E-state index in [0.29, 0.717) is 0 Å². The van der Waals surface area contributed by atoms with E-state index in [1.807, 2.05) is 30.0 Å². The minimum Gasteiger partial charge on any atom is -0.363 e. The lowest BCUT2D eigenvalue weighted by Gasteiger charge is -2.40. The van der Waals surface area contributed by atoms with Gasteiger partial charge in [-0.2, -0.15) is 0 Å². The molecule has 2 nitrogen and oxygen atoms in total. The van der Waals surface area contributed by atoms with Crippen LogP contribution >= 0.6 is 34.0 Å². The fourth-order valence-electron chi connectivity index (χ4n) is 3.24. The van der Waals surface area contributed by atoms with E-state index in [1.54, 1.807) is 10.8 Å². The van der Waals surface area contributed by atoms with Gasteiger partial charge < -0.3 is 4.90 Å². The summed E-state index contributed by atoms with van der Waals surface area (Å²) in [6.07, 6.45) is 14.1. The third-order valence-electron chi connectivity index (χ3n) is 4.43. The second-order valence-corrected chi connectivity index (χ2v) is 8.98. The Kier molecular flexibility index (Phi) is 7.50. The molecule has 0 amide bonds.